The number of carbonyl (C=O) groups is 1. The summed E-state index contributed by atoms with van der Waals surface area (Å²) in [6, 6.07) is 0. The van der Waals surface area contributed by atoms with Crippen molar-refractivity contribution < 1.29 is 4.79 Å². The second-order valence-electron chi connectivity index (χ2n) is 3.76. The lowest BCUT2D eigenvalue weighted by molar-refractivity contribution is -0.113. The molecule has 0 aromatic rings. The molecule has 0 N–H and O–H groups in total. The van der Waals surface area contributed by atoms with Crippen LogP contribution in [0.15, 0.2) is 0 Å². The fraction of sp³-hybridized carbons (Fsp3) is 0.900. The first-order valence-corrected chi connectivity index (χ1v) is 5.32. The third kappa shape index (κ3) is 3.14. The molecule has 2 atom stereocenters. The molecular formula is C10H17ClO. The monoisotopic (exact) mass is 188 g/mol. The topological polar surface area (TPSA) is 17.1 Å². The van der Waals surface area contributed by atoms with Gasteiger partial charge >= 0.3 is 0 Å². The standard InChI is InChI=1S/C10H17ClO/c1-2-3-4-5-6-8-7-9(8)10(11)12/h8-9H,2-7H2,1H3. The van der Waals surface area contributed by atoms with Crippen LogP contribution in [-0.4, -0.2) is 5.24 Å². The summed E-state index contributed by atoms with van der Waals surface area (Å²) in [5, 5.41) is -0.115. The number of carbonyl (C=O) groups excluding carboxylic acids is 1. The number of unbranched alkanes of at least 4 members (excludes halogenated alkanes) is 3. The van der Waals surface area contributed by atoms with Crippen LogP contribution in [0.4, 0.5) is 0 Å². The van der Waals surface area contributed by atoms with Gasteiger partial charge in [0.1, 0.15) is 0 Å². The van der Waals surface area contributed by atoms with Crippen LogP contribution in [0, 0.1) is 11.8 Å². The van der Waals surface area contributed by atoms with Gasteiger partial charge in [0.25, 0.3) is 0 Å². The van der Waals surface area contributed by atoms with Crippen molar-refractivity contribution in [3.05, 3.63) is 0 Å². The largest absolute Gasteiger partial charge is 0.281 e. The van der Waals surface area contributed by atoms with Gasteiger partial charge in [-0.3, -0.25) is 4.79 Å². The van der Waals surface area contributed by atoms with Crippen LogP contribution in [0.1, 0.15) is 45.4 Å². The Morgan fingerprint density at radius 2 is 2.17 bits per heavy atom. The Morgan fingerprint density at radius 1 is 1.42 bits per heavy atom. The van der Waals surface area contributed by atoms with E-state index in [1.165, 1.54) is 32.1 Å². The van der Waals surface area contributed by atoms with Gasteiger partial charge in [0.05, 0.1) is 0 Å². The minimum Gasteiger partial charge on any atom is -0.281 e. The molecule has 1 aliphatic carbocycles. The van der Waals surface area contributed by atoms with E-state index in [1.807, 2.05) is 0 Å². The van der Waals surface area contributed by atoms with Crippen molar-refractivity contribution in [2.75, 3.05) is 0 Å². The second-order valence-corrected chi connectivity index (χ2v) is 4.13. The molecule has 1 rings (SSSR count). The normalized spacial score (nSPS) is 27.2. The summed E-state index contributed by atoms with van der Waals surface area (Å²) in [5.74, 6) is 0.847. The molecule has 1 nitrogen and oxygen atoms in total. The molecule has 0 aliphatic heterocycles. The highest BCUT2D eigenvalue weighted by atomic mass is 35.5. The quantitative estimate of drug-likeness (QED) is 0.462. The van der Waals surface area contributed by atoms with Crippen LogP contribution >= 0.6 is 11.6 Å². The molecule has 0 amide bonds. The molecule has 0 radical (unpaired) electrons. The van der Waals surface area contributed by atoms with E-state index < -0.39 is 0 Å². The van der Waals surface area contributed by atoms with Crippen LogP contribution in [0.2, 0.25) is 0 Å². The Hall–Kier alpha value is -0.0400. The zero-order chi connectivity index (χ0) is 8.97. The summed E-state index contributed by atoms with van der Waals surface area (Å²) in [5.41, 5.74) is 0. The van der Waals surface area contributed by atoms with E-state index in [0.717, 1.165) is 6.42 Å². The van der Waals surface area contributed by atoms with Crippen molar-refractivity contribution in [3.63, 3.8) is 0 Å². The van der Waals surface area contributed by atoms with E-state index in [2.05, 4.69) is 6.92 Å². The number of hydrogen-bond acceptors (Lipinski definition) is 1. The first kappa shape index (κ1) is 10.0. The second kappa shape index (κ2) is 4.86. The lowest BCUT2D eigenvalue weighted by atomic mass is 10.1. The minimum absolute atomic E-state index is 0.115. The van der Waals surface area contributed by atoms with Crippen LogP contribution in [0.3, 0.4) is 0 Å². The number of rotatable bonds is 6. The van der Waals surface area contributed by atoms with Gasteiger partial charge in [0.2, 0.25) is 5.24 Å². The van der Waals surface area contributed by atoms with Gasteiger partial charge in [-0.2, -0.15) is 0 Å². The molecule has 0 spiro atoms. The average molecular weight is 189 g/mol. The van der Waals surface area contributed by atoms with E-state index in [0.29, 0.717) is 5.92 Å². The fourth-order valence-corrected chi connectivity index (χ4v) is 1.95. The molecule has 2 heteroatoms. The maximum Gasteiger partial charge on any atom is 0.225 e. The zero-order valence-corrected chi connectivity index (χ0v) is 8.44. The van der Waals surface area contributed by atoms with Crippen LogP contribution in [-0.2, 0) is 4.79 Å². The zero-order valence-electron chi connectivity index (χ0n) is 7.68. The third-order valence-corrected chi connectivity index (χ3v) is 2.92. The molecule has 0 saturated heterocycles. The van der Waals surface area contributed by atoms with Crippen molar-refractivity contribution in [3.8, 4) is 0 Å². The first-order chi connectivity index (χ1) is 5.75. The maximum absolute atomic E-state index is 10.7. The molecule has 1 fully saturated rings. The lowest BCUT2D eigenvalue weighted by Crippen LogP contribution is -1.91. The van der Waals surface area contributed by atoms with Crippen molar-refractivity contribution >= 4 is 16.8 Å². The average Bonchev–Trinajstić information content (AvgIpc) is 2.77. The van der Waals surface area contributed by atoms with Crippen molar-refractivity contribution in [1.82, 2.24) is 0 Å². The highest BCUT2D eigenvalue weighted by molar-refractivity contribution is 6.64. The van der Waals surface area contributed by atoms with Crippen molar-refractivity contribution in [2.45, 2.75) is 45.4 Å². The summed E-state index contributed by atoms with van der Waals surface area (Å²) in [7, 11) is 0. The Labute approximate surface area is 79.5 Å². The summed E-state index contributed by atoms with van der Waals surface area (Å²) < 4.78 is 0. The van der Waals surface area contributed by atoms with E-state index in [4.69, 9.17) is 11.6 Å². The molecular weight excluding hydrogens is 172 g/mol. The molecule has 2 unspecified atom stereocenters. The summed E-state index contributed by atoms with van der Waals surface area (Å²) in [6.45, 7) is 2.21. The molecule has 70 valence electrons. The molecule has 1 aliphatic rings. The summed E-state index contributed by atoms with van der Waals surface area (Å²) in [4.78, 5) is 10.7. The van der Waals surface area contributed by atoms with E-state index in [9.17, 15) is 4.79 Å². The fourth-order valence-electron chi connectivity index (χ4n) is 1.68. The molecule has 0 aromatic heterocycles. The molecule has 12 heavy (non-hydrogen) atoms. The Kier molecular flexibility index (Phi) is 4.07. The van der Waals surface area contributed by atoms with Crippen LogP contribution < -0.4 is 0 Å². The third-order valence-electron chi connectivity index (χ3n) is 2.64. The van der Waals surface area contributed by atoms with Gasteiger partial charge < -0.3 is 0 Å². The van der Waals surface area contributed by atoms with Gasteiger partial charge in [0, 0.05) is 5.92 Å². The lowest BCUT2D eigenvalue weighted by Gasteiger charge is -1.97. The molecule has 0 heterocycles. The summed E-state index contributed by atoms with van der Waals surface area (Å²) >= 11 is 5.37. The van der Waals surface area contributed by atoms with Crippen molar-refractivity contribution in [1.29, 1.82) is 0 Å². The number of halogens is 1. The van der Waals surface area contributed by atoms with Gasteiger partial charge in [0.15, 0.2) is 0 Å². The first-order valence-electron chi connectivity index (χ1n) is 4.95. The smallest absolute Gasteiger partial charge is 0.225 e. The predicted molar refractivity (Wildman–Crippen MR) is 51.2 cm³/mol. The van der Waals surface area contributed by atoms with E-state index in [-0.39, 0.29) is 11.2 Å². The highest BCUT2D eigenvalue weighted by Crippen LogP contribution is 2.43. The maximum atomic E-state index is 10.7. The summed E-state index contributed by atoms with van der Waals surface area (Å²) in [6.07, 6.45) is 7.46. The SMILES string of the molecule is CCCCCCC1CC1C(=O)Cl. The van der Waals surface area contributed by atoms with Crippen molar-refractivity contribution in [2.24, 2.45) is 11.8 Å². The van der Waals surface area contributed by atoms with Gasteiger partial charge in [-0.25, -0.2) is 0 Å². The predicted octanol–water partition coefficient (Wildman–Crippen LogP) is 3.36. The molecule has 0 aromatic carbocycles. The van der Waals surface area contributed by atoms with Gasteiger partial charge in [-0.05, 0) is 30.4 Å². The number of hydrogen-bond donors (Lipinski definition) is 0. The van der Waals surface area contributed by atoms with Crippen LogP contribution in [0.5, 0.6) is 0 Å². The molecule has 0 bridgehead atoms. The Morgan fingerprint density at radius 3 is 2.67 bits per heavy atom. The van der Waals surface area contributed by atoms with Gasteiger partial charge in [-0.1, -0.05) is 32.6 Å². The van der Waals surface area contributed by atoms with E-state index in [1.54, 1.807) is 0 Å². The van der Waals surface area contributed by atoms with Gasteiger partial charge in [-0.15, -0.1) is 0 Å². The Bertz CT molecular complexity index is 156. The Balaban J connectivity index is 1.93. The van der Waals surface area contributed by atoms with E-state index >= 15 is 0 Å². The molecule has 1 saturated carbocycles. The minimum atomic E-state index is -0.115. The highest BCUT2D eigenvalue weighted by Gasteiger charge is 2.40. The van der Waals surface area contributed by atoms with Crippen LogP contribution in [0.25, 0.3) is 0 Å².